The van der Waals surface area contributed by atoms with Crippen molar-refractivity contribution in [3.05, 3.63) is 34.9 Å². The number of hydrogen-bond acceptors (Lipinski definition) is 3. The monoisotopic (exact) mass is 352 g/mol. The van der Waals surface area contributed by atoms with Gasteiger partial charge >= 0.3 is 0 Å². The van der Waals surface area contributed by atoms with Gasteiger partial charge in [0.1, 0.15) is 0 Å². The summed E-state index contributed by atoms with van der Waals surface area (Å²) in [6, 6.07) is 6.42. The summed E-state index contributed by atoms with van der Waals surface area (Å²) in [7, 11) is -3.23. The van der Waals surface area contributed by atoms with Gasteiger partial charge < -0.3 is 5.32 Å². The summed E-state index contributed by atoms with van der Waals surface area (Å²) in [6.45, 7) is 5.54. The van der Waals surface area contributed by atoms with Crippen LogP contribution in [0.4, 0.5) is 0 Å². The SMILES string of the molecule is CCc1ccc(CC)c(CNC(=O)C2CCCN(S(C)(=O)=O)C2)c1. The lowest BCUT2D eigenvalue weighted by Crippen LogP contribution is -2.44. The molecule has 6 heteroatoms. The van der Waals surface area contributed by atoms with Gasteiger partial charge in [-0.05, 0) is 42.4 Å². The van der Waals surface area contributed by atoms with Crippen LogP contribution >= 0.6 is 0 Å². The largest absolute Gasteiger partial charge is 0.352 e. The van der Waals surface area contributed by atoms with Crippen LogP contribution < -0.4 is 5.32 Å². The Balaban J connectivity index is 2.00. The van der Waals surface area contributed by atoms with Crippen LogP contribution in [0.3, 0.4) is 0 Å². The Kier molecular flexibility index (Phi) is 6.40. The average molecular weight is 353 g/mol. The molecule has 1 amide bonds. The molecule has 0 radical (unpaired) electrons. The zero-order valence-corrected chi connectivity index (χ0v) is 15.7. The van der Waals surface area contributed by atoms with E-state index in [-0.39, 0.29) is 11.8 Å². The summed E-state index contributed by atoms with van der Waals surface area (Å²) in [6.07, 6.45) is 4.58. The summed E-state index contributed by atoms with van der Waals surface area (Å²) in [5, 5.41) is 3.01. The first-order valence-electron chi connectivity index (χ1n) is 8.68. The van der Waals surface area contributed by atoms with Crippen molar-refractivity contribution in [2.24, 2.45) is 5.92 Å². The molecule has 1 unspecified atom stereocenters. The van der Waals surface area contributed by atoms with Gasteiger partial charge in [-0.25, -0.2) is 12.7 Å². The number of hydrogen-bond donors (Lipinski definition) is 1. The van der Waals surface area contributed by atoms with Crippen molar-refractivity contribution in [3.8, 4) is 0 Å². The molecule has 0 aliphatic carbocycles. The third kappa shape index (κ3) is 4.80. The first kappa shape index (κ1) is 18.9. The molecule has 1 fully saturated rings. The lowest BCUT2D eigenvalue weighted by atomic mass is 9.97. The van der Waals surface area contributed by atoms with E-state index in [0.717, 1.165) is 31.2 Å². The molecule has 1 aliphatic rings. The minimum absolute atomic E-state index is 0.0488. The van der Waals surface area contributed by atoms with Crippen molar-refractivity contribution in [2.45, 2.75) is 46.1 Å². The number of benzene rings is 1. The van der Waals surface area contributed by atoms with Crippen molar-refractivity contribution in [1.82, 2.24) is 9.62 Å². The molecule has 5 nitrogen and oxygen atoms in total. The molecule has 1 aromatic carbocycles. The van der Waals surface area contributed by atoms with Gasteiger partial charge in [-0.15, -0.1) is 0 Å². The van der Waals surface area contributed by atoms with E-state index >= 15 is 0 Å². The van der Waals surface area contributed by atoms with E-state index in [9.17, 15) is 13.2 Å². The van der Waals surface area contributed by atoms with Gasteiger partial charge in [0.2, 0.25) is 15.9 Å². The lowest BCUT2D eigenvalue weighted by molar-refractivity contribution is -0.126. The number of nitrogens with zero attached hydrogens (tertiary/aromatic N) is 1. The van der Waals surface area contributed by atoms with E-state index in [1.807, 2.05) is 0 Å². The van der Waals surface area contributed by atoms with E-state index in [1.54, 1.807) is 0 Å². The summed E-state index contributed by atoms with van der Waals surface area (Å²) < 4.78 is 24.8. The van der Waals surface area contributed by atoms with Crippen LogP contribution in [-0.2, 0) is 34.2 Å². The van der Waals surface area contributed by atoms with Crippen LogP contribution in [0, 0.1) is 5.92 Å². The zero-order chi connectivity index (χ0) is 17.7. The molecule has 1 aliphatic heterocycles. The lowest BCUT2D eigenvalue weighted by Gasteiger charge is -2.30. The normalized spacial score (nSPS) is 19.2. The molecule has 24 heavy (non-hydrogen) atoms. The highest BCUT2D eigenvalue weighted by Crippen LogP contribution is 2.19. The Hall–Kier alpha value is -1.40. The average Bonchev–Trinajstić information content (AvgIpc) is 2.58. The number of nitrogens with one attached hydrogen (secondary N) is 1. The van der Waals surface area contributed by atoms with E-state index in [1.165, 1.54) is 21.7 Å². The Morgan fingerprint density at radius 1 is 1.25 bits per heavy atom. The molecule has 1 atom stereocenters. The van der Waals surface area contributed by atoms with Gasteiger partial charge in [0.05, 0.1) is 12.2 Å². The Labute approximate surface area is 145 Å². The molecule has 0 bridgehead atoms. The number of rotatable bonds is 6. The van der Waals surface area contributed by atoms with Crippen LogP contribution in [-0.4, -0.2) is 38.0 Å². The molecule has 1 N–H and O–H groups in total. The van der Waals surface area contributed by atoms with Crippen LogP contribution in [0.1, 0.15) is 43.4 Å². The summed E-state index contributed by atoms with van der Waals surface area (Å²) >= 11 is 0. The van der Waals surface area contributed by atoms with Crippen LogP contribution in [0.2, 0.25) is 0 Å². The quantitative estimate of drug-likeness (QED) is 0.852. The number of aryl methyl sites for hydroxylation is 2. The Bertz CT molecular complexity index is 686. The number of amides is 1. The topological polar surface area (TPSA) is 66.5 Å². The number of piperidine rings is 1. The minimum Gasteiger partial charge on any atom is -0.352 e. The maximum absolute atomic E-state index is 12.5. The Morgan fingerprint density at radius 3 is 2.62 bits per heavy atom. The molecule has 0 saturated carbocycles. The van der Waals surface area contributed by atoms with E-state index in [0.29, 0.717) is 19.6 Å². The molecular formula is C18H28N2O3S. The summed E-state index contributed by atoms with van der Waals surface area (Å²) in [5.74, 6) is -0.305. The van der Waals surface area contributed by atoms with Crippen molar-refractivity contribution in [3.63, 3.8) is 0 Å². The smallest absolute Gasteiger partial charge is 0.224 e. The molecule has 2 rings (SSSR count). The predicted octanol–water partition coefficient (Wildman–Crippen LogP) is 2.10. The van der Waals surface area contributed by atoms with Crippen molar-refractivity contribution in [2.75, 3.05) is 19.3 Å². The van der Waals surface area contributed by atoms with Crippen molar-refractivity contribution >= 4 is 15.9 Å². The molecule has 134 valence electrons. The molecule has 0 spiro atoms. The maximum atomic E-state index is 12.5. The second-order valence-corrected chi connectivity index (χ2v) is 8.47. The van der Waals surface area contributed by atoms with Crippen molar-refractivity contribution < 1.29 is 13.2 Å². The van der Waals surface area contributed by atoms with Gasteiger partial charge in [-0.1, -0.05) is 32.0 Å². The number of sulfonamides is 1. The van der Waals surface area contributed by atoms with Gasteiger partial charge in [-0.3, -0.25) is 4.79 Å². The van der Waals surface area contributed by atoms with Crippen LogP contribution in [0.15, 0.2) is 18.2 Å². The number of carbonyl (C=O) groups excluding carboxylic acids is 1. The maximum Gasteiger partial charge on any atom is 0.224 e. The van der Waals surface area contributed by atoms with E-state index in [4.69, 9.17) is 0 Å². The first-order valence-corrected chi connectivity index (χ1v) is 10.5. The second kappa shape index (κ2) is 8.12. The third-order valence-corrected chi connectivity index (χ3v) is 6.01. The fourth-order valence-corrected chi connectivity index (χ4v) is 4.10. The highest BCUT2D eigenvalue weighted by Gasteiger charge is 2.30. The standard InChI is InChI=1S/C18H28N2O3S/c1-4-14-8-9-15(5-2)17(11-14)12-19-18(21)16-7-6-10-20(13-16)24(3,22)23/h8-9,11,16H,4-7,10,12-13H2,1-3H3,(H,19,21). The Morgan fingerprint density at radius 2 is 2.00 bits per heavy atom. The van der Waals surface area contributed by atoms with Gasteiger partial charge in [-0.2, -0.15) is 0 Å². The van der Waals surface area contributed by atoms with Gasteiger partial charge in [0.25, 0.3) is 0 Å². The molecular weight excluding hydrogens is 324 g/mol. The molecule has 1 aromatic rings. The molecule has 0 aromatic heterocycles. The first-order chi connectivity index (χ1) is 11.3. The second-order valence-electron chi connectivity index (χ2n) is 6.49. The zero-order valence-electron chi connectivity index (χ0n) is 14.8. The summed E-state index contributed by atoms with van der Waals surface area (Å²) in [5.41, 5.74) is 3.66. The highest BCUT2D eigenvalue weighted by molar-refractivity contribution is 7.88. The van der Waals surface area contributed by atoms with Crippen molar-refractivity contribution in [1.29, 1.82) is 0 Å². The minimum atomic E-state index is -3.23. The van der Waals surface area contributed by atoms with Crippen LogP contribution in [0.25, 0.3) is 0 Å². The highest BCUT2D eigenvalue weighted by atomic mass is 32.2. The third-order valence-electron chi connectivity index (χ3n) is 4.74. The van der Waals surface area contributed by atoms with Crippen LogP contribution in [0.5, 0.6) is 0 Å². The molecule has 1 saturated heterocycles. The van der Waals surface area contributed by atoms with Gasteiger partial charge in [0.15, 0.2) is 0 Å². The number of carbonyl (C=O) groups is 1. The summed E-state index contributed by atoms with van der Waals surface area (Å²) in [4.78, 5) is 12.5. The fraction of sp³-hybridized carbons (Fsp3) is 0.611. The fourth-order valence-electron chi connectivity index (χ4n) is 3.19. The van der Waals surface area contributed by atoms with E-state index < -0.39 is 10.0 Å². The van der Waals surface area contributed by atoms with E-state index in [2.05, 4.69) is 37.4 Å². The predicted molar refractivity (Wildman–Crippen MR) is 96.2 cm³/mol. The molecule has 1 heterocycles. The van der Waals surface area contributed by atoms with Gasteiger partial charge in [0, 0.05) is 19.6 Å².